The van der Waals surface area contributed by atoms with Crippen LogP contribution >= 0.6 is 11.6 Å². The molecule has 0 aliphatic heterocycles. The predicted molar refractivity (Wildman–Crippen MR) is 72.1 cm³/mol. The molecule has 0 fully saturated rings. The van der Waals surface area contributed by atoms with Crippen LogP contribution in [-0.2, 0) is 11.2 Å². The maximum absolute atomic E-state index is 13.0. The third-order valence-corrected chi connectivity index (χ3v) is 2.91. The van der Waals surface area contributed by atoms with Crippen molar-refractivity contribution in [2.24, 2.45) is 0 Å². The second kappa shape index (κ2) is 6.34. The standard InChI is InChI=1S/C15H12ClFO2/c16-15-7-6-12(17)8-11(15)9-13(18)10-19-14-4-2-1-3-5-14/h1-8H,9-10H2. The van der Waals surface area contributed by atoms with Crippen molar-refractivity contribution < 1.29 is 13.9 Å². The van der Waals surface area contributed by atoms with E-state index in [0.717, 1.165) is 0 Å². The molecule has 0 N–H and O–H groups in total. The van der Waals surface area contributed by atoms with Crippen LogP contribution in [0.3, 0.4) is 0 Å². The number of halogens is 2. The van der Waals surface area contributed by atoms with Crippen molar-refractivity contribution in [2.45, 2.75) is 6.42 Å². The van der Waals surface area contributed by atoms with E-state index in [1.807, 2.05) is 18.2 Å². The van der Waals surface area contributed by atoms with Gasteiger partial charge in [0.2, 0.25) is 0 Å². The smallest absolute Gasteiger partial charge is 0.174 e. The first-order chi connectivity index (χ1) is 9.15. The first kappa shape index (κ1) is 13.6. The number of hydrogen-bond acceptors (Lipinski definition) is 2. The second-order valence-corrected chi connectivity index (χ2v) is 4.46. The Morgan fingerprint density at radius 1 is 1.16 bits per heavy atom. The Labute approximate surface area is 115 Å². The number of ketones is 1. The number of carbonyl (C=O) groups excluding carboxylic acids is 1. The summed E-state index contributed by atoms with van der Waals surface area (Å²) in [5.74, 6) is 0.0636. The van der Waals surface area contributed by atoms with E-state index in [-0.39, 0.29) is 18.8 Å². The van der Waals surface area contributed by atoms with E-state index in [9.17, 15) is 9.18 Å². The average Bonchev–Trinajstić information content (AvgIpc) is 2.42. The molecule has 0 saturated heterocycles. The van der Waals surface area contributed by atoms with Crippen LogP contribution in [0.1, 0.15) is 5.56 Å². The minimum Gasteiger partial charge on any atom is -0.486 e. The highest BCUT2D eigenvalue weighted by atomic mass is 35.5. The summed E-state index contributed by atoms with van der Waals surface area (Å²) in [5.41, 5.74) is 0.475. The highest BCUT2D eigenvalue weighted by Gasteiger charge is 2.09. The van der Waals surface area contributed by atoms with Gasteiger partial charge in [0.15, 0.2) is 5.78 Å². The van der Waals surface area contributed by atoms with Gasteiger partial charge in [0, 0.05) is 11.4 Å². The van der Waals surface area contributed by atoms with Crippen molar-refractivity contribution in [3.8, 4) is 5.75 Å². The number of carbonyl (C=O) groups is 1. The molecule has 4 heteroatoms. The molecule has 0 heterocycles. The summed E-state index contributed by atoms with van der Waals surface area (Å²) in [4.78, 5) is 11.7. The van der Waals surface area contributed by atoms with Gasteiger partial charge in [-0.2, -0.15) is 0 Å². The number of benzene rings is 2. The van der Waals surface area contributed by atoms with Gasteiger partial charge >= 0.3 is 0 Å². The zero-order chi connectivity index (χ0) is 13.7. The Balaban J connectivity index is 1.93. The van der Waals surface area contributed by atoms with Crippen molar-refractivity contribution in [3.05, 3.63) is 64.9 Å². The normalized spacial score (nSPS) is 10.2. The molecule has 2 rings (SSSR count). The molecule has 0 unspecified atom stereocenters. The molecule has 0 saturated carbocycles. The molecular weight excluding hydrogens is 267 g/mol. The van der Waals surface area contributed by atoms with Crippen LogP contribution in [0.2, 0.25) is 5.02 Å². The lowest BCUT2D eigenvalue weighted by atomic mass is 10.1. The zero-order valence-electron chi connectivity index (χ0n) is 10.1. The van der Waals surface area contributed by atoms with Gasteiger partial charge in [-0.15, -0.1) is 0 Å². The van der Waals surface area contributed by atoms with E-state index >= 15 is 0 Å². The van der Waals surface area contributed by atoms with E-state index < -0.39 is 5.82 Å². The van der Waals surface area contributed by atoms with Crippen LogP contribution in [0.5, 0.6) is 5.75 Å². The van der Waals surface area contributed by atoms with Gasteiger partial charge in [-0.05, 0) is 35.9 Å². The summed E-state index contributed by atoms with van der Waals surface area (Å²) >= 11 is 5.90. The molecule has 2 aromatic carbocycles. The van der Waals surface area contributed by atoms with Gasteiger partial charge in [-0.25, -0.2) is 4.39 Å². The van der Waals surface area contributed by atoms with Crippen LogP contribution in [0.25, 0.3) is 0 Å². The van der Waals surface area contributed by atoms with Gasteiger partial charge in [0.25, 0.3) is 0 Å². The zero-order valence-corrected chi connectivity index (χ0v) is 10.9. The van der Waals surface area contributed by atoms with Crippen LogP contribution < -0.4 is 4.74 Å². The molecular formula is C15H12ClFO2. The van der Waals surface area contributed by atoms with E-state index in [0.29, 0.717) is 16.3 Å². The SMILES string of the molecule is O=C(COc1ccccc1)Cc1cc(F)ccc1Cl. The summed E-state index contributed by atoms with van der Waals surface area (Å²) in [6, 6.07) is 13.0. The maximum atomic E-state index is 13.0. The summed E-state index contributed by atoms with van der Waals surface area (Å²) in [7, 11) is 0. The molecule has 98 valence electrons. The quantitative estimate of drug-likeness (QED) is 0.834. The Hall–Kier alpha value is -1.87. The molecule has 0 amide bonds. The van der Waals surface area contributed by atoms with Gasteiger partial charge in [0.05, 0.1) is 0 Å². The third-order valence-electron chi connectivity index (χ3n) is 2.54. The summed E-state index contributed by atoms with van der Waals surface area (Å²) < 4.78 is 18.4. The fraction of sp³-hybridized carbons (Fsp3) is 0.133. The Bertz CT molecular complexity index is 570. The van der Waals surface area contributed by atoms with Crippen molar-refractivity contribution >= 4 is 17.4 Å². The van der Waals surface area contributed by atoms with E-state index in [1.165, 1.54) is 18.2 Å². The lowest BCUT2D eigenvalue weighted by Gasteiger charge is -2.06. The van der Waals surface area contributed by atoms with Crippen molar-refractivity contribution in [1.29, 1.82) is 0 Å². The number of rotatable bonds is 5. The lowest BCUT2D eigenvalue weighted by molar-refractivity contribution is -0.120. The van der Waals surface area contributed by atoms with E-state index in [2.05, 4.69) is 0 Å². The summed E-state index contributed by atoms with van der Waals surface area (Å²) in [6.45, 7) is -0.0587. The van der Waals surface area contributed by atoms with Gasteiger partial charge in [-0.3, -0.25) is 4.79 Å². The van der Waals surface area contributed by atoms with Crippen molar-refractivity contribution in [1.82, 2.24) is 0 Å². The van der Waals surface area contributed by atoms with Gasteiger partial charge in [0.1, 0.15) is 18.2 Å². The van der Waals surface area contributed by atoms with Crippen molar-refractivity contribution in [3.63, 3.8) is 0 Å². The molecule has 0 aliphatic carbocycles. The molecule has 19 heavy (non-hydrogen) atoms. The maximum Gasteiger partial charge on any atom is 0.174 e. The first-order valence-corrected chi connectivity index (χ1v) is 6.16. The highest BCUT2D eigenvalue weighted by Crippen LogP contribution is 2.18. The van der Waals surface area contributed by atoms with Crippen LogP contribution in [0, 0.1) is 5.82 Å². The molecule has 0 spiro atoms. The van der Waals surface area contributed by atoms with E-state index in [4.69, 9.17) is 16.3 Å². The molecule has 0 bridgehead atoms. The molecule has 0 aliphatic rings. The van der Waals surface area contributed by atoms with Crippen LogP contribution in [-0.4, -0.2) is 12.4 Å². The largest absolute Gasteiger partial charge is 0.486 e. The molecule has 2 nitrogen and oxygen atoms in total. The van der Waals surface area contributed by atoms with Gasteiger partial charge in [-0.1, -0.05) is 29.8 Å². The minimum absolute atomic E-state index is 0.0587. The molecule has 0 atom stereocenters. The number of para-hydroxylation sites is 1. The highest BCUT2D eigenvalue weighted by molar-refractivity contribution is 6.31. The van der Waals surface area contributed by atoms with Crippen LogP contribution in [0.4, 0.5) is 4.39 Å². The summed E-state index contributed by atoms with van der Waals surface area (Å²) in [6.07, 6.45) is 0.0590. The first-order valence-electron chi connectivity index (χ1n) is 5.78. The topological polar surface area (TPSA) is 26.3 Å². The molecule has 0 radical (unpaired) electrons. The third kappa shape index (κ3) is 4.07. The fourth-order valence-electron chi connectivity index (χ4n) is 1.62. The average molecular weight is 279 g/mol. The van der Waals surface area contributed by atoms with E-state index in [1.54, 1.807) is 12.1 Å². The number of hydrogen-bond donors (Lipinski definition) is 0. The van der Waals surface area contributed by atoms with Crippen molar-refractivity contribution in [2.75, 3.05) is 6.61 Å². The lowest BCUT2D eigenvalue weighted by Crippen LogP contribution is -2.14. The Morgan fingerprint density at radius 2 is 1.89 bits per heavy atom. The van der Waals surface area contributed by atoms with Crippen LogP contribution in [0.15, 0.2) is 48.5 Å². The van der Waals surface area contributed by atoms with Gasteiger partial charge < -0.3 is 4.74 Å². The number of Topliss-reactive ketones (excluding diaryl/α,β-unsaturated/α-hetero) is 1. The molecule has 2 aromatic rings. The monoisotopic (exact) mass is 278 g/mol. The minimum atomic E-state index is -0.406. The Kier molecular flexibility index (Phi) is 4.53. The number of ether oxygens (including phenoxy) is 1. The molecule has 0 aromatic heterocycles. The fourth-order valence-corrected chi connectivity index (χ4v) is 1.81. The Morgan fingerprint density at radius 3 is 2.63 bits per heavy atom. The predicted octanol–water partition coefficient (Wildman–Crippen LogP) is 3.67. The second-order valence-electron chi connectivity index (χ2n) is 4.05. The summed E-state index contributed by atoms with van der Waals surface area (Å²) in [5, 5.41) is 0.384.